The fourth-order valence-electron chi connectivity index (χ4n) is 3.57. The van der Waals surface area contributed by atoms with Crippen LogP contribution in [0.4, 0.5) is 0 Å². The van der Waals surface area contributed by atoms with E-state index in [0.717, 1.165) is 40.8 Å². The van der Waals surface area contributed by atoms with Crippen LogP contribution in [0, 0.1) is 0 Å². The van der Waals surface area contributed by atoms with Crippen LogP contribution in [0.2, 0.25) is 0 Å². The van der Waals surface area contributed by atoms with E-state index in [1.807, 2.05) is 43.4 Å². The largest absolute Gasteiger partial charge is 0.478 e. The third kappa shape index (κ3) is 4.38. The molecule has 0 unspecified atom stereocenters. The van der Waals surface area contributed by atoms with E-state index in [4.69, 9.17) is 10.2 Å². The highest BCUT2D eigenvalue weighted by Crippen LogP contribution is 2.30. The van der Waals surface area contributed by atoms with Crippen LogP contribution in [0.1, 0.15) is 27.1 Å². The number of carbonyl (C=O) groups excluding carboxylic acids is 1. The summed E-state index contributed by atoms with van der Waals surface area (Å²) >= 11 is 0. The Hall–Kier alpha value is -3.97. The lowest BCUT2D eigenvalue weighted by Crippen LogP contribution is -2.26. The second-order valence-electron chi connectivity index (χ2n) is 7.42. The second-order valence-corrected chi connectivity index (χ2v) is 7.42. The van der Waals surface area contributed by atoms with Crippen molar-refractivity contribution in [1.29, 1.82) is 0 Å². The van der Waals surface area contributed by atoms with Gasteiger partial charge in [0.1, 0.15) is 5.69 Å². The van der Waals surface area contributed by atoms with Gasteiger partial charge >= 0.3 is 5.97 Å². The van der Waals surface area contributed by atoms with Gasteiger partial charge in [-0.2, -0.15) is 5.10 Å². The zero-order chi connectivity index (χ0) is 22.5. The third-order valence-corrected chi connectivity index (χ3v) is 5.26. The van der Waals surface area contributed by atoms with Crippen LogP contribution in [-0.2, 0) is 0 Å². The van der Waals surface area contributed by atoms with Crippen LogP contribution in [-0.4, -0.2) is 46.9 Å². The van der Waals surface area contributed by atoms with Gasteiger partial charge in [-0.3, -0.25) is 4.79 Å². The molecule has 0 saturated heterocycles. The molecule has 0 aliphatic carbocycles. The fraction of sp³-hybridized carbons (Fsp3) is 0.160. The van der Waals surface area contributed by atoms with Gasteiger partial charge in [0.25, 0.3) is 5.91 Å². The van der Waals surface area contributed by atoms with Crippen LogP contribution in [0.3, 0.4) is 0 Å². The van der Waals surface area contributed by atoms with Crippen LogP contribution < -0.4 is 10.6 Å². The van der Waals surface area contributed by atoms with E-state index in [-0.39, 0.29) is 11.5 Å². The molecule has 1 heterocycles. The fourth-order valence-corrected chi connectivity index (χ4v) is 3.57. The second kappa shape index (κ2) is 9.45. The summed E-state index contributed by atoms with van der Waals surface area (Å²) in [6.07, 6.45) is 0.872. The number of nitrogens with zero attached hydrogens (tertiary/aromatic N) is 2. The van der Waals surface area contributed by atoms with Crippen LogP contribution in [0.5, 0.6) is 0 Å². The summed E-state index contributed by atoms with van der Waals surface area (Å²) in [6, 6.07) is 21.9. The van der Waals surface area contributed by atoms with E-state index in [1.165, 1.54) is 0 Å². The molecule has 7 heteroatoms. The van der Waals surface area contributed by atoms with E-state index < -0.39 is 5.97 Å². The van der Waals surface area contributed by atoms with Gasteiger partial charge in [-0.1, -0.05) is 30.3 Å². The van der Waals surface area contributed by atoms with E-state index >= 15 is 0 Å². The minimum Gasteiger partial charge on any atom is -0.478 e. The number of hydrogen-bond acceptors (Lipinski definition) is 4. The molecule has 1 aromatic heterocycles. The van der Waals surface area contributed by atoms with E-state index in [9.17, 15) is 9.59 Å². The topological polar surface area (TPSA) is 96.2 Å². The maximum absolute atomic E-state index is 12.3. The number of aromatic carboxylic acids is 1. The molecule has 0 aliphatic rings. The summed E-state index contributed by atoms with van der Waals surface area (Å²) in [5, 5.41) is 20.9. The van der Waals surface area contributed by atoms with Gasteiger partial charge in [-0.05, 0) is 62.5 Å². The molecule has 162 valence electrons. The molecule has 0 spiro atoms. The van der Waals surface area contributed by atoms with Crippen molar-refractivity contribution in [3.63, 3.8) is 0 Å². The number of carboxylic acids is 1. The Bertz CT molecular complexity index is 1240. The van der Waals surface area contributed by atoms with E-state index in [2.05, 4.69) is 10.6 Å². The van der Waals surface area contributed by atoms with Crippen molar-refractivity contribution in [3.8, 4) is 16.9 Å². The van der Waals surface area contributed by atoms with Gasteiger partial charge in [0, 0.05) is 23.1 Å². The average molecular weight is 428 g/mol. The quantitative estimate of drug-likeness (QED) is 0.372. The number of benzene rings is 3. The Balaban J connectivity index is 1.64. The van der Waals surface area contributed by atoms with Gasteiger partial charge in [-0.15, -0.1) is 0 Å². The lowest BCUT2D eigenvalue weighted by molar-refractivity contribution is 0.0696. The summed E-state index contributed by atoms with van der Waals surface area (Å²) in [4.78, 5) is 23.5. The number of aromatic nitrogens is 2. The van der Waals surface area contributed by atoms with Crippen molar-refractivity contribution in [2.45, 2.75) is 6.42 Å². The standard InChI is InChI=1S/C25H24N4O3/c1-26-15-4-16-27-24(30)18-9-7-17(8-10-18)23-21-5-2-3-6-22(21)29(28-23)20-13-11-19(12-14-20)25(31)32/h2-3,5-14,26H,4,15-16H2,1H3,(H,27,30)(H,31,32). The molecule has 4 rings (SSSR count). The Morgan fingerprint density at radius 2 is 1.59 bits per heavy atom. The predicted molar refractivity (Wildman–Crippen MR) is 124 cm³/mol. The van der Waals surface area contributed by atoms with Crippen molar-refractivity contribution in [1.82, 2.24) is 20.4 Å². The molecule has 3 aromatic carbocycles. The zero-order valence-corrected chi connectivity index (χ0v) is 17.7. The first-order valence-corrected chi connectivity index (χ1v) is 10.4. The number of carbonyl (C=O) groups is 2. The Morgan fingerprint density at radius 3 is 2.28 bits per heavy atom. The highest BCUT2D eigenvalue weighted by atomic mass is 16.4. The number of para-hydroxylation sites is 1. The lowest BCUT2D eigenvalue weighted by Gasteiger charge is -2.06. The monoisotopic (exact) mass is 428 g/mol. The smallest absolute Gasteiger partial charge is 0.335 e. The molecule has 32 heavy (non-hydrogen) atoms. The summed E-state index contributed by atoms with van der Waals surface area (Å²) < 4.78 is 1.80. The van der Waals surface area contributed by atoms with Crippen molar-refractivity contribution in [2.24, 2.45) is 0 Å². The van der Waals surface area contributed by atoms with E-state index in [0.29, 0.717) is 12.1 Å². The first kappa shape index (κ1) is 21.3. The molecule has 3 N–H and O–H groups in total. The van der Waals surface area contributed by atoms with Crippen molar-refractivity contribution in [3.05, 3.63) is 83.9 Å². The van der Waals surface area contributed by atoms with Crippen molar-refractivity contribution < 1.29 is 14.7 Å². The number of fused-ring (bicyclic) bond motifs is 1. The van der Waals surface area contributed by atoms with Crippen molar-refractivity contribution in [2.75, 3.05) is 20.1 Å². The zero-order valence-electron chi connectivity index (χ0n) is 17.7. The number of nitrogens with one attached hydrogen (secondary N) is 2. The van der Waals surface area contributed by atoms with Crippen LogP contribution in [0.15, 0.2) is 72.8 Å². The summed E-state index contributed by atoms with van der Waals surface area (Å²) in [5.41, 5.74) is 4.21. The van der Waals surface area contributed by atoms with Gasteiger partial charge < -0.3 is 15.7 Å². The highest BCUT2D eigenvalue weighted by Gasteiger charge is 2.14. The molecule has 4 aromatic rings. The molecule has 0 saturated carbocycles. The van der Waals surface area contributed by atoms with Gasteiger partial charge in [0.2, 0.25) is 0 Å². The normalized spacial score (nSPS) is 10.9. The van der Waals surface area contributed by atoms with Crippen LogP contribution in [0.25, 0.3) is 27.8 Å². The molecule has 0 radical (unpaired) electrons. The first-order valence-electron chi connectivity index (χ1n) is 10.4. The van der Waals surface area contributed by atoms with E-state index in [1.54, 1.807) is 41.1 Å². The number of carboxylic acid groups (broad SMARTS) is 1. The minimum atomic E-state index is -0.964. The predicted octanol–water partition coefficient (Wildman–Crippen LogP) is 3.73. The third-order valence-electron chi connectivity index (χ3n) is 5.26. The number of rotatable bonds is 8. The highest BCUT2D eigenvalue weighted by molar-refractivity contribution is 5.97. The Kier molecular flexibility index (Phi) is 6.28. The Labute approximate surface area is 185 Å². The molecule has 0 fully saturated rings. The lowest BCUT2D eigenvalue weighted by atomic mass is 10.1. The maximum Gasteiger partial charge on any atom is 0.335 e. The number of hydrogen-bond donors (Lipinski definition) is 3. The number of amides is 1. The summed E-state index contributed by atoms with van der Waals surface area (Å²) in [7, 11) is 1.89. The first-order chi connectivity index (χ1) is 15.6. The molecule has 0 aliphatic heterocycles. The van der Waals surface area contributed by atoms with Gasteiger partial charge in [-0.25, -0.2) is 9.48 Å². The maximum atomic E-state index is 12.3. The van der Waals surface area contributed by atoms with Crippen molar-refractivity contribution >= 4 is 22.8 Å². The molecule has 1 amide bonds. The molecular formula is C25H24N4O3. The average Bonchev–Trinajstić information content (AvgIpc) is 3.21. The van der Waals surface area contributed by atoms with Crippen LogP contribution >= 0.6 is 0 Å². The minimum absolute atomic E-state index is 0.0958. The Morgan fingerprint density at radius 1 is 0.906 bits per heavy atom. The van der Waals surface area contributed by atoms with Gasteiger partial charge in [0.05, 0.1) is 16.8 Å². The summed E-state index contributed by atoms with van der Waals surface area (Å²) in [6.45, 7) is 1.48. The molecule has 0 atom stereocenters. The molecule has 0 bridgehead atoms. The SMILES string of the molecule is CNCCCNC(=O)c1ccc(-c2nn(-c3ccc(C(=O)O)cc3)c3ccccc23)cc1. The molecular weight excluding hydrogens is 404 g/mol. The summed E-state index contributed by atoms with van der Waals surface area (Å²) in [5.74, 6) is -1.06. The molecule has 7 nitrogen and oxygen atoms in total. The van der Waals surface area contributed by atoms with Gasteiger partial charge in [0.15, 0.2) is 0 Å².